The molecule has 0 radical (unpaired) electrons. The molecule has 27 heavy (non-hydrogen) atoms. The van der Waals surface area contributed by atoms with Crippen LogP contribution >= 0.6 is 0 Å². The molecule has 7 heteroatoms. The second-order valence-electron chi connectivity index (χ2n) is 6.68. The lowest BCUT2D eigenvalue weighted by molar-refractivity contribution is -0.115. The summed E-state index contributed by atoms with van der Waals surface area (Å²) in [5.74, 6) is 1.30. The van der Waals surface area contributed by atoms with Crippen molar-refractivity contribution < 1.29 is 23.8 Å². The van der Waals surface area contributed by atoms with Crippen LogP contribution in [0.4, 0.5) is 10.5 Å². The molecule has 0 aliphatic heterocycles. The number of nitrogens with one attached hydrogen (secondary N) is 2. The third kappa shape index (κ3) is 6.89. The second-order valence-corrected chi connectivity index (χ2v) is 6.68. The topological polar surface area (TPSA) is 85.9 Å². The van der Waals surface area contributed by atoms with Gasteiger partial charge in [0.2, 0.25) is 5.91 Å². The molecule has 0 bridgehead atoms. The minimum absolute atomic E-state index is 0.220. The lowest BCUT2D eigenvalue weighted by Gasteiger charge is -2.19. The fourth-order valence-electron chi connectivity index (χ4n) is 2.11. The van der Waals surface area contributed by atoms with Gasteiger partial charge in [-0.05, 0) is 45.0 Å². The largest absolute Gasteiger partial charge is 0.497 e. The fourth-order valence-corrected chi connectivity index (χ4v) is 2.11. The van der Waals surface area contributed by atoms with Crippen LogP contribution in [0.1, 0.15) is 20.8 Å². The van der Waals surface area contributed by atoms with E-state index in [1.807, 2.05) is 6.07 Å². The summed E-state index contributed by atoms with van der Waals surface area (Å²) in [5.41, 5.74) is -0.145. The Bertz CT molecular complexity index is 799. The van der Waals surface area contributed by atoms with Crippen molar-refractivity contribution in [3.63, 3.8) is 0 Å². The molecular formula is C20H24N2O5. The number of ether oxygens (including phenoxy) is 3. The molecule has 0 aliphatic carbocycles. The first-order valence-electron chi connectivity index (χ1n) is 8.44. The van der Waals surface area contributed by atoms with Crippen LogP contribution in [0.5, 0.6) is 17.2 Å². The number of carbonyl (C=O) groups excluding carboxylic acids is 2. The number of rotatable bonds is 6. The highest BCUT2D eigenvalue weighted by Crippen LogP contribution is 2.30. The van der Waals surface area contributed by atoms with Crippen molar-refractivity contribution in [2.45, 2.75) is 26.4 Å². The van der Waals surface area contributed by atoms with Gasteiger partial charge in [-0.2, -0.15) is 0 Å². The highest BCUT2D eigenvalue weighted by molar-refractivity contribution is 5.95. The molecule has 0 saturated carbocycles. The van der Waals surface area contributed by atoms with E-state index in [2.05, 4.69) is 10.6 Å². The minimum atomic E-state index is -0.654. The summed E-state index contributed by atoms with van der Waals surface area (Å²) in [7, 11) is 1.57. The Balaban J connectivity index is 1.98. The van der Waals surface area contributed by atoms with Gasteiger partial charge in [-0.1, -0.05) is 18.2 Å². The summed E-state index contributed by atoms with van der Waals surface area (Å²) in [6.07, 6.45) is -0.654. The van der Waals surface area contributed by atoms with E-state index in [1.165, 1.54) is 0 Å². The zero-order valence-electron chi connectivity index (χ0n) is 15.9. The number of hydrogen-bond donors (Lipinski definition) is 2. The second kappa shape index (κ2) is 8.93. The third-order valence-electron chi connectivity index (χ3n) is 3.22. The van der Waals surface area contributed by atoms with E-state index in [4.69, 9.17) is 14.2 Å². The van der Waals surface area contributed by atoms with Crippen LogP contribution in [0.3, 0.4) is 0 Å². The normalized spacial score (nSPS) is 10.7. The van der Waals surface area contributed by atoms with Gasteiger partial charge in [-0.25, -0.2) is 4.79 Å². The van der Waals surface area contributed by atoms with Crippen molar-refractivity contribution in [3.05, 3.63) is 48.5 Å². The molecule has 0 aliphatic rings. The van der Waals surface area contributed by atoms with E-state index in [-0.39, 0.29) is 6.54 Å². The summed E-state index contributed by atoms with van der Waals surface area (Å²) in [5, 5.41) is 5.13. The molecule has 0 aromatic heterocycles. The van der Waals surface area contributed by atoms with Gasteiger partial charge < -0.3 is 24.8 Å². The van der Waals surface area contributed by atoms with Gasteiger partial charge in [0.25, 0.3) is 0 Å². The number of methoxy groups -OCH3 is 1. The molecule has 0 atom stereocenters. The minimum Gasteiger partial charge on any atom is -0.497 e. The SMILES string of the molecule is COc1cccc(Oc2ccccc2NC(=O)CNC(=O)OC(C)(C)C)c1. The fraction of sp³-hybridized carbons (Fsp3) is 0.300. The Kier molecular flexibility index (Phi) is 6.65. The van der Waals surface area contributed by atoms with Crippen molar-refractivity contribution in [1.82, 2.24) is 5.32 Å². The first kappa shape index (κ1) is 20.1. The predicted octanol–water partition coefficient (Wildman–Crippen LogP) is 3.95. The maximum absolute atomic E-state index is 12.1. The molecule has 2 N–H and O–H groups in total. The lowest BCUT2D eigenvalue weighted by atomic mass is 10.2. The number of hydrogen-bond acceptors (Lipinski definition) is 5. The highest BCUT2D eigenvalue weighted by Gasteiger charge is 2.17. The van der Waals surface area contributed by atoms with Crippen LogP contribution in [0.25, 0.3) is 0 Å². The van der Waals surface area contributed by atoms with Crippen LogP contribution < -0.4 is 20.1 Å². The molecule has 2 amide bonds. The average Bonchev–Trinajstić information content (AvgIpc) is 2.60. The molecule has 7 nitrogen and oxygen atoms in total. The lowest BCUT2D eigenvalue weighted by Crippen LogP contribution is -2.37. The van der Waals surface area contributed by atoms with Crippen LogP contribution in [0.15, 0.2) is 48.5 Å². The van der Waals surface area contributed by atoms with Crippen molar-refractivity contribution in [3.8, 4) is 17.2 Å². The number of anilines is 1. The third-order valence-corrected chi connectivity index (χ3v) is 3.22. The standard InChI is InChI=1S/C20H24N2O5/c1-20(2,3)27-19(24)21-13-18(23)22-16-10-5-6-11-17(16)26-15-9-7-8-14(12-15)25-4/h5-12H,13H2,1-4H3,(H,21,24)(H,22,23). The molecule has 0 saturated heterocycles. The van der Waals surface area contributed by atoms with Crippen LogP contribution in [-0.4, -0.2) is 31.3 Å². The Morgan fingerprint density at radius 3 is 2.41 bits per heavy atom. The number of alkyl carbamates (subject to hydrolysis) is 1. The molecular weight excluding hydrogens is 348 g/mol. The molecule has 0 unspecified atom stereocenters. The van der Waals surface area contributed by atoms with E-state index in [0.717, 1.165) is 0 Å². The van der Waals surface area contributed by atoms with E-state index >= 15 is 0 Å². The van der Waals surface area contributed by atoms with Crippen molar-refractivity contribution >= 4 is 17.7 Å². The van der Waals surface area contributed by atoms with Gasteiger partial charge in [-0.15, -0.1) is 0 Å². The molecule has 2 aromatic carbocycles. The van der Waals surface area contributed by atoms with E-state index < -0.39 is 17.6 Å². The molecule has 0 heterocycles. The smallest absolute Gasteiger partial charge is 0.408 e. The van der Waals surface area contributed by atoms with Crippen LogP contribution in [-0.2, 0) is 9.53 Å². The molecule has 0 spiro atoms. The van der Waals surface area contributed by atoms with Crippen molar-refractivity contribution in [2.75, 3.05) is 19.0 Å². The molecule has 2 rings (SSSR count). The Labute approximate surface area is 158 Å². The Hall–Kier alpha value is -3.22. The van der Waals surface area contributed by atoms with Gasteiger partial charge >= 0.3 is 6.09 Å². The van der Waals surface area contributed by atoms with Crippen LogP contribution in [0.2, 0.25) is 0 Å². The first-order valence-corrected chi connectivity index (χ1v) is 8.44. The van der Waals surface area contributed by atoms with E-state index in [1.54, 1.807) is 70.3 Å². The van der Waals surface area contributed by atoms with Crippen molar-refractivity contribution in [1.29, 1.82) is 0 Å². The molecule has 0 fully saturated rings. The van der Waals surface area contributed by atoms with Gasteiger partial charge in [0, 0.05) is 6.07 Å². The highest BCUT2D eigenvalue weighted by atomic mass is 16.6. The number of benzene rings is 2. The van der Waals surface area contributed by atoms with Crippen LogP contribution in [0, 0.1) is 0 Å². The average molecular weight is 372 g/mol. The van der Waals surface area contributed by atoms with Gasteiger partial charge in [0.1, 0.15) is 23.6 Å². The maximum Gasteiger partial charge on any atom is 0.408 e. The summed E-state index contributed by atoms with van der Waals surface area (Å²) >= 11 is 0. The summed E-state index contributed by atoms with van der Waals surface area (Å²) in [6.45, 7) is 5.03. The summed E-state index contributed by atoms with van der Waals surface area (Å²) in [6, 6.07) is 14.1. The van der Waals surface area contributed by atoms with Gasteiger partial charge in [0.15, 0.2) is 5.75 Å². The van der Waals surface area contributed by atoms with E-state index in [0.29, 0.717) is 22.9 Å². The Morgan fingerprint density at radius 2 is 1.70 bits per heavy atom. The zero-order chi connectivity index (χ0) is 19.9. The van der Waals surface area contributed by atoms with Gasteiger partial charge in [-0.3, -0.25) is 4.79 Å². The first-order chi connectivity index (χ1) is 12.8. The monoisotopic (exact) mass is 372 g/mol. The summed E-state index contributed by atoms with van der Waals surface area (Å²) < 4.78 is 16.1. The Morgan fingerprint density at radius 1 is 1.00 bits per heavy atom. The quantitative estimate of drug-likeness (QED) is 0.802. The van der Waals surface area contributed by atoms with E-state index in [9.17, 15) is 9.59 Å². The number of amides is 2. The molecule has 2 aromatic rings. The maximum atomic E-state index is 12.1. The summed E-state index contributed by atoms with van der Waals surface area (Å²) in [4.78, 5) is 23.8. The zero-order valence-corrected chi connectivity index (χ0v) is 15.9. The number of carbonyl (C=O) groups is 2. The predicted molar refractivity (Wildman–Crippen MR) is 102 cm³/mol. The number of para-hydroxylation sites is 2. The molecule has 144 valence electrons. The van der Waals surface area contributed by atoms with Crippen molar-refractivity contribution in [2.24, 2.45) is 0 Å². The van der Waals surface area contributed by atoms with Gasteiger partial charge in [0.05, 0.1) is 12.8 Å².